The summed E-state index contributed by atoms with van der Waals surface area (Å²) < 4.78 is 38.6. The van der Waals surface area contributed by atoms with Crippen molar-refractivity contribution in [3.05, 3.63) is 22.9 Å². The van der Waals surface area contributed by atoms with Gasteiger partial charge >= 0.3 is 12.1 Å². The molecule has 7 heteroatoms. The van der Waals surface area contributed by atoms with Crippen molar-refractivity contribution in [1.29, 1.82) is 0 Å². The van der Waals surface area contributed by atoms with Crippen LogP contribution < -0.4 is 5.32 Å². The third-order valence-electron chi connectivity index (χ3n) is 3.21. The van der Waals surface area contributed by atoms with E-state index in [0.29, 0.717) is 11.3 Å². The Hall–Kier alpha value is -1.79. The second kappa shape index (κ2) is 4.11. The summed E-state index contributed by atoms with van der Waals surface area (Å²) in [6.07, 6.45) is -4.55. The molecule has 0 bridgehead atoms. The molecule has 1 saturated carbocycles. The molecular weight excluding hydrogens is 261 g/mol. The predicted molar refractivity (Wildman–Crippen MR) is 62.3 cm³/mol. The third kappa shape index (κ3) is 2.36. The van der Waals surface area contributed by atoms with Crippen LogP contribution in [0.2, 0.25) is 0 Å². The van der Waals surface area contributed by atoms with Crippen molar-refractivity contribution in [3.63, 3.8) is 0 Å². The monoisotopic (exact) mass is 274 g/mol. The number of pyridine rings is 1. The smallest absolute Gasteiger partial charge is 0.411 e. The maximum atomic E-state index is 12.9. The van der Waals surface area contributed by atoms with E-state index in [9.17, 15) is 18.0 Å². The van der Waals surface area contributed by atoms with Gasteiger partial charge in [-0.25, -0.2) is 9.78 Å². The van der Waals surface area contributed by atoms with Gasteiger partial charge in [-0.1, -0.05) is 0 Å². The number of hydrogen-bond donors (Lipinski definition) is 2. The lowest BCUT2D eigenvalue weighted by molar-refractivity contribution is -0.151. The predicted octanol–water partition coefficient (Wildman–Crippen LogP) is 2.90. The summed E-state index contributed by atoms with van der Waals surface area (Å²) in [4.78, 5) is 15.1. The van der Waals surface area contributed by atoms with Crippen LogP contribution in [0.3, 0.4) is 0 Å². The first-order valence-corrected chi connectivity index (χ1v) is 5.73. The summed E-state index contributed by atoms with van der Waals surface area (Å²) >= 11 is 0. The molecule has 104 valence electrons. The zero-order valence-electron chi connectivity index (χ0n) is 10.4. The van der Waals surface area contributed by atoms with Gasteiger partial charge in [-0.15, -0.1) is 0 Å². The SMILES string of the molecule is Cc1cc(C)c(C(=O)O)c(NC2(C(F)(F)F)CC2)n1. The summed E-state index contributed by atoms with van der Waals surface area (Å²) in [5.74, 6) is -1.50. The van der Waals surface area contributed by atoms with E-state index >= 15 is 0 Å². The number of anilines is 1. The van der Waals surface area contributed by atoms with Crippen LogP contribution in [0.15, 0.2) is 6.07 Å². The van der Waals surface area contributed by atoms with Crippen molar-refractivity contribution in [2.75, 3.05) is 5.32 Å². The molecule has 2 rings (SSSR count). The number of rotatable bonds is 3. The van der Waals surface area contributed by atoms with E-state index in [4.69, 9.17) is 5.11 Å². The molecule has 0 saturated heterocycles. The van der Waals surface area contributed by atoms with Gasteiger partial charge in [0.15, 0.2) is 0 Å². The highest BCUT2D eigenvalue weighted by molar-refractivity contribution is 5.95. The first kappa shape index (κ1) is 13.6. The van der Waals surface area contributed by atoms with Crippen LogP contribution in [0.25, 0.3) is 0 Å². The summed E-state index contributed by atoms with van der Waals surface area (Å²) in [5, 5.41) is 11.4. The molecule has 19 heavy (non-hydrogen) atoms. The van der Waals surface area contributed by atoms with E-state index in [1.807, 2.05) is 0 Å². The molecule has 2 N–H and O–H groups in total. The summed E-state index contributed by atoms with van der Waals surface area (Å²) in [7, 11) is 0. The van der Waals surface area contributed by atoms with Gasteiger partial charge in [0.05, 0.1) is 0 Å². The van der Waals surface area contributed by atoms with Crippen LogP contribution in [-0.2, 0) is 0 Å². The van der Waals surface area contributed by atoms with Gasteiger partial charge in [-0.2, -0.15) is 13.2 Å². The zero-order chi connectivity index (χ0) is 14.4. The fourth-order valence-corrected chi connectivity index (χ4v) is 2.03. The van der Waals surface area contributed by atoms with Gasteiger partial charge in [-0.3, -0.25) is 0 Å². The fourth-order valence-electron chi connectivity index (χ4n) is 2.03. The molecule has 1 aromatic heterocycles. The fraction of sp³-hybridized carbons (Fsp3) is 0.500. The van der Waals surface area contributed by atoms with Crippen LogP contribution >= 0.6 is 0 Å². The van der Waals surface area contributed by atoms with Gasteiger partial charge in [-0.05, 0) is 38.3 Å². The molecule has 1 fully saturated rings. The van der Waals surface area contributed by atoms with Gasteiger partial charge in [0, 0.05) is 5.69 Å². The van der Waals surface area contributed by atoms with Crippen molar-refractivity contribution >= 4 is 11.8 Å². The van der Waals surface area contributed by atoms with Crippen molar-refractivity contribution in [1.82, 2.24) is 4.98 Å². The van der Waals surface area contributed by atoms with Crippen LogP contribution in [-0.4, -0.2) is 27.8 Å². The number of alkyl halides is 3. The maximum absolute atomic E-state index is 12.9. The van der Waals surface area contributed by atoms with Crippen LogP contribution in [0, 0.1) is 13.8 Å². The van der Waals surface area contributed by atoms with Crippen molar-refractivity contribution in [2.24, 2.45) is 0 Å². The van der Waals surface area contributed by atoms with Crippen molar-refractivity contribution in [2.45, 2.75) is 38.4 Å². The Kier molecular flexibility index (Phi) is 2.95. The molecule has 0 aliphatic heterocycles. The highest BCUT2D eigenvalue weighted by Crippen LogP contribution is 2.51. The largest absolute Gasteiger partial charge is 0.478 e. The quantitative estimate of drug-likeness (QED) is 0.889. The molecule has 0 amide bonds. The number of nitrogens with zero attached hydrogens (tertiary/aromatic N) is 1. The summed E-state index contributed by atoms with van der Waals surface area (Å²) in [6.45, 7) is 3.15. The van der Waals surface area contributed by atoms with E-state index in [1.54, 1.807) is 6.92 Å². The number of nitrogens with one attached hydrogen (secondary N) is 1. The lowest BCUT2D eigenvalue weighted by atomic mass is 10.1. The molecular formula is C12H13F3N2O2. The lowest BCUT2D eigenvalue weighted by Crippen LogP contribution is -2.39. The number of carboxylic acids is 1. The lowest BCUT2D eigenvalue weighted by Gasteiger charge is -2.23. The van der Waals surface area contributed by atoms with Crippen molar-refractivity contribution < 1.29 is 23.1 Å². The molecule has 0 atom stereocenters. The topological polar surface area (TPSA) is 62.2 Å². The Morgan fingerprint density at radius 3 is 2.42 bits per heavy atom. The third-order valence-corrected chi connectivity index (χ3v) is 3.21. The summed E-state index contributed by atoms with van der Waals surface area (Å²) in [5.41, 5.74) is -1.37. The number of hydrogen-bond acceptors (Lipinski definition) is 3. The molecule has 0 spiro atoms. The van der Waals surface area contributed by atoms with Gasteiger partial charge in [0.1, 0.15) is 16.9 Å². The number of halogens is 3. The maximum Gasteiger partial charge on any atom is 0.411 e. The average Bonchev–Trinajstić information content (AvgIpc) is 2.95. The molecule has 0 radical (unpaired) electrons. The van der Waals surface area contributed by atoms with E-state index in [0.717, 1.165) is 0 Å². The number of aromatic nitrogens is 1. The average molecular weight is 274 g/mol. The first-order valence-electron chi connectivity index (χ1n) is 5.73. The molecule has 1 aromatic rings. The van der Waals surface area contributed by atoms with Gasteiger partial charge in [0.2, 0.25) is 0 Å². The Morgan fingerprint density at radius 1 is 1.42 bits per heavy atom. The molecule has 1 aliphatic rings. The number of aryl methyl sites for hydroxylation is 2. The van der Waals surface area contributed by atoms with E-state index in [-0.39, 0.29) is 24.2 Å². The highest BCUT2D eigenvalue weighted by Gasteiger charge is 2.64. The van der Waals surface area contributed by atoms with Crippen molar-refractivity contribution in [3.8, 4) is 0 Å². The number of carbonyl (C=O) groups is 1. The van der Waals surface area contributed by atoms with E-state index in [1.165, 1.54) is 13.0 Å². The van der Waals surface area contributed by atoms with Crippen LogP contribution in [0.4, 0.5) is 19.0 Å². The first-order chi connectivity index (χ1) is 8.66. The molecule has 0 aromatic carbocycles. The molecule has 4 nitrogen and oxygen atoms in total. The van der Waals surface area contributed by atoms with Crippen LogP contribution in [0.5, 0.6) is 0 Å². The minimum Gasteiger partial charge on any atom is -0.478 e. The zero-order valence-corrected chi connectivity index (χ0v) is 10.4. The van der Waals surface area contributed by atoms with Gasteiger partial charge in [0.25, 0.3) is 0 Å². The second-order valence-electron chi connectivity index (χ2n) is 4.81. The standard InChI is InChI=1S/C12H13F3N2O2/c1-6-5-7(2)16-9(8(6)10(18)19)17-11(3-4-11)12(13,14)15/h5H,3-4H2,1-2H3,(H,16,17)(H,18,19). The second-order valence-corrected chi connectivity index (χ2v) is 4.81. The highest BCUT2D eigenvalue weighted by atomic mass is 19.4. The minimum atomic E-state index is -4.41. The Balaban J connectivity index is 2.43. The molecule has 0 unspecified atom stereocenters. The Bertz CT molecular complexity index is 537. The minimum absolute atomic E-state index is 0.0652. The van der Waals surface area contributed by atoms with E-state index < -0.39 is 17.7 Å². The number of carboxylic acid groups (broad SMARTS) is 1. The van der Waals surface area contributed by atoms with Gasteiger partial charge < -0.3 is 10.4 Å². The van der Waals surface area contributed by atoms with E-state index in [2.05, 4.69) is 10.3 Å². The van der Waals surface area contributed by atoms with Crippen LogP contribution in [0.1, 0.15) is 34.5 Å². The number of aromatic carboxylic acids is 1. The Morgan fingerprint density at radius 2 is 2.00 bits per heavy atom. The normalized spacial score (nSPS) is 17.1. The summed E-state index contributed by atoms with van der Waals surface area (Å²) in [6, 6.07) is 1.53. The Labute approximate surface area is 107 Å². The molecule has 1 heterocycles. The molecule has 1 aliphatic carbocycles.